The highest BCUT2D eigenvalue weighted by molar-refractivity contribution is 6.21. The molecule has 174 valence electrons. The molecule has 2 aromatic carbocycles. The molecule has 0 aliphatic rings. The molecule has 0 atom stereocenters. The number of methoxy groups -OCH3 is 4. The molecule has 0 amide bonds. The van der Waals surface area contributed by atoms with E-state index in [0.717, 1.165) is 24.4 Å². The van der Waals surface area contributed by atoms with E-state index >= 15 is 0 Å². The Morgan fingerprint density at radius 1 is 0.875 bits per heavy atom. The number of carbonyl (C=O) groups is 1. The van der Waals surface area contributed by atoms with Crippen LogP contribution < -0.4 is 18.9 Å². The molecule has 0 heterocycles. The molecular formula is C25H33NO6. The van der Waals surface area contributed by atoms with Crippen LogP contribution in [0, 0.1) is 0 Å². The maximum absolute atomic E-state index is 13.1. The number of nitrogens with zero attached hydrogens (tertiary/aromatic N) is 1. The Kier molecular flexibility index (Phi) is 9.88. The molecule has 0 saturated carbocycles. The first-order valence-electron chi connectivity index (χ1n) is 10.6. The molecule has 0 spiro atoms. The third-order valence-electron chi connectivity index (χ3n) is 5.16. The van der Waals surface area contributed by atoms with Crippen molar-refractivity contribution in [3.8, 4) is 23.0 Å². The van der Waals surface area contributed by atoms with Crippen LogP contribution in [0.3, 0.4) is 0 Å². The summed E-state index contributed by atoms with van der Waals surface area (Å²) in [6.07, 6.45) is 1.78. The van der Waals surface area contributed by atoms with Gasteiger partial charge in [0, 0.05) is 6.54 Å². The molecule has 0 aromatic heterocycles. The predicted octanol–water partition coefficient (Wildman–Crippen LogP) is 4.15. The first-order chi connectivity index (χ1) is 15.5. The quantitative estimate of drug-likeness (QED) is 0.277. The molecule has 0 bridgehead atoms. The molecule has 0 saturated heterocycles. The highest BCUT2D eigenvalue weighted by Gasteiger charge is 2.20. The van der Waals surface area contributed by atoms with Crippen LogP contribution in [-0.4, -0.2) is 65.5 Å². The minimum atomic E-state index is -0.428. The van der Waals surface area contributed by atoms with Gasteiger partial charge >= 0.3 is 5.97 Å². The highest BCUT2D eigenvalue weighted by Crippen LogP contribution is 2.40. The maximum Gasteiger partial charge on any atom is 0.338 e. The van der Waals surface area contributed by atoms with Gasteiger partial charge in [-0.15, -0.1) is 0 Å². The van der Waals surface area contributed by atoms with Gasteiger partial charge in [-0.05, 0) is 54.6 Å². The lowest BCUT2D eigenvalue weighted by Gasteiger charge is -2.18. The molecule has 0 fully saturated rings. The molecule has 0 aliphatic carbocycles. The normalized spacial score (nSPS) is 11.3. The van der Waals surface area contributed by atoms with Gasteiger partial charge in [0.15, 0.2) is 11.5 Å². The maximum atomic E-state index is 13.1. The third-order valence-corrected chi connectivity index (χ3v) is 5.16. The zero-order valence-corrected chi connectivity index (χ0v) is 19.8. The number of rotatable bonds is 12. The SMILES string of the molecule is CCN(CC)CCOC(=O)/C(=C/c1ccc(OC)cc1)c1cc(OC)c(OC)c(OC)c1. The standard InChI is InChI=1S/C25H33NO6/c1-7-26(8-2)13-14-32-25(27)21(15-18-9-11-20(28-3)12-10-18)19-16-22(29-4)24(31-6)23(17-19)30-5/h9-12,15-17H,7-8,13-14H2,1-6H3/b21-15+. The lowest BCUT2D eigenvalue weighted by atomic mass is 10.0. The summed E-state index contributed by atoms with van der Waals surface area (Å²) in [5.74, 6) is 1.68. The van der Waals surface area contributed by atoms with E-state index in [1.54, 1.807) is 25.3 Å². The highest BCUT2D eigenvalue weighted by atomic mass is 16.5. The summed E-state index contributed by atoms with van der Waals surface area (Å²) >= 11 is 0. The lowest BCUT2D eigenvalue weighted by Crippen LogP contribution is -2.28. The Morgan fingerprint density at radius 3 is 1.94 bits per heavy atom. The number of hydrogen-bond donors (Lipinski definition) is 0. The van der Waals surface area contributed by atoms with E-state index in [2.05, 4.69) is 18.7 Å². The summed E-state index contributed by atoms with van der Waals surface area (Å²) in [5.41, 5.74) is 1.81. The van der Waals surface area contributed by atoms with Gasteiger partial charge in [-0.3, -0.25) is 0 Å². The molecule has 2 aromatic rings. The second-order valence-electron chi connectivity index (χ2n) is 6.91. The van der Waals surface area contributed by atoms with Crippen molar-refractivity contribution in [2.24, 2.45) is 0 Å². The summed E-state index contributed by atoms with van der Waals surface area (Å²) in [6, 6.07) is 10.9. The number of benzene rings is 2. The fraction of sp³-hybridized carbons (Fsp3) is 0.400. The van der Waals surface area contributed by atoms with E-state index in [-0.39, 0.29) is 0 Å². The number of hydrogen-bond acceptors (Lipinski definition) is 7. The van der Waals surface area contributed by atoms with Gasteiger partial charge in [-0.1, -0.05) is 26.0 Å². The van der Waals surface area contributed by atoms with Crippen LogP contribution in [0.4, 0.5) is 0 Å². The van der Waals surface area contributed by atoms with Crippen molar-refractivity contribution in [1.29, 1.82) is 0 Å². The van der Waals surface area contributed by atoms with Crippen LogP contribution >= 0.6 is 0 Å². The molecule has 7 heteroatoms. The summed E-state index contributed by atoms with van der Waals surface area (Å²) in [4.78, 5) is 15.3. The lowest BCUT2D eigenvalue weighted by molar-refractivity contribution is -0.136. The summed E-state index contributed by atoms with van der Waals surface area (Å²) in [6.45, 7) is 6.92. The second-order valence-corrected chi connectivity index (χ2v) is 6.91. The smallest absolute Gasteiger partial charge is 0.338 e. The second kappa shape index (κ2) is 12.6. The van der Waals surface area contributed by atoms with Gasteiger partial charge in [-0.25, -0.2) is 4.79 Å². The third kappa shape index (κ3) is 6.40. The van der Waals surface area contributed by atoms with Crippen LogP contribution in [0.15, 0.2) is 36.4 Å². The fourth-order valence-electron chi connectivity index (χ4n) is 3.25. The van der Waals surface area contributed by atoms with E-state index < -0.39 is 5.97 Å². The van der Waals surface area contributed by atoms with Crippen LogP contribution in [0.25, 0.3) is 11.6 Å². The van der Waals surface area contributed by atoms with E-state index in [1.165, 1.54) is 21.3 Å². The Labute approximate surface area is 190 Å². The average Bonchev–Trinajstić information content (AvgIpc) is 2.84. The van der Waals surface area contributed by atoms with Crippen molar-refractivity contribution in [2.45, 2.75) is 13.8 Å². The summed E-state index contributed by atoms with van der Waals surface area (Å²) in [7, 11) is 6.22. The number of ether oxygens (including phenoxy) is 5. The first kappa shape index (κ1) is 25.1. The van der Waals surface area contributed by atoms with Crippen molar-refractivity contribution in [2.75, 3.05) is 54.7 Å². The summed E-state index contributed by atoms with van der Waals surface area (Å²) < 4.78 is 27.2. The zero-order valence-electron chi connectivity index (χ0n) is 19.8. The molecule has 0 aliphatic heterocycles. The van der Waals surface area contributed by atoms with Gasteiger partial charge in [-0.2, -0.15) is 0 Å². The van der Waals surface area contributed by atoms with Crippen molar-refractivity contribution < 1.29 is 28.5 Å². The fourth-order valence-corrected chi connectivity index (χ4v) is 3.25. The van der Waals surface area contributed by atoms with E-state index in [9.17, 15) is 4.79 Å². The molecule has 32 heavy (non-hydrogen) atoms. The average molecular weight is 444 g/mol. The largest absolute Gasteiger partial charge is 0.497 e. The topological polar surface area (TPSA) is 66.5 Å². The van der Waals surface area contributed by atoms with Crippen LogP contribution in [-0.2, 0) is 9.53 Å². The van der Waals surface area contributed by atoms with E-state index in [4.69, 9.17) is 23.7 Å². The van der Waals surface area contributed by atoms with Gasteiger partial charge in [0.05, 0.1) is 34.0 Å². The van der Waals surface area contributed by atoms with E-state index in [0.29, 0.717) is 41.5 Å². The summed E-state index contributed by atoms with van der Waals surface area (Å²) in [5, 5.41) is 0. The van der Waals surface area contributed by atoms with Crippen molar-refractivity contribution in [3.05, 3.63) is 47.5 Å². The molecule has 0 N–H and O–H groups in total. The molecule has 2 rings (SSSR count). The minimum absolute atomic E-state index is 0.297. The molecular weight excluding hydrogens is 410 g/mol. The number of esters is 1. The number of carbonyl (C=O) groups excluding carboxylic acids is 1. The van der Waals surface area contributed by atoms with Gasteiger partial charge in [0.2, 0.25) is 5.75 Å². The van der Waals surface area contributed by atoms with Gasteiger partial charge in [0.25, 0.3) is 0 Å². The number of likely N-dealkylation sites (N-methyl/N-ethyl adjacent to an activating group) is 1. The Morgan fingerprint density at radius 2 is 1.47 bits per heavy atom. The molecule has 0 unspecified atom stereocenters. The Hall–Kier alpha value is -3.19. The monoisotopic (exact) mass is 443 g/mol. The molecule has 0 radical (unpaired) electrons. The zero-order chi connectivity index (χ0) is 23.5. The van der Waals surface area contributed by atoms with Crippen molar-refractivity contribution in [3.63, 3.8) is 0 Å². The Bertz CT molecular complexity index is 878. The minimum Gasteiger partial charge on any atom is -0.497 e. The van der Waals surface area contributed by atoms with Crippen LogP contribution in [0.2, 0.25) is 0 Å². The van der Waals surface area contributed by atoms with Crippen molar-refractivity contribution >= 4 is 17.6 Å². The van der Waals surface area contributed by atoms with E-state index in [1.807, 2.05) is 24.3 Å². The Balaban J connectivity index is 2.45. The van der Waals surface area contributed by atoms with Gasteiger partial charge in [0.1, 0.15) is 12.4 Å². The van der Waals surface area contributed by atoms with Crippen LogP contribution in [0.1, 0.15) is 25.0 Å². The van der Waals surface area contributed by atoms with Crippen LogP contribution in [0.5, 0.6) is 23.0 Å². The first-order valence-corrected chi connectivity index (χ1v) is 10.6. The van der Waals surface area contributed by atoms with Gasteiger partial charge < -0.3 is 28.6 Å². The predicted molar refractivity (Wildman–Crippen MR) is 126 cm³/mol. The van der Waals surface area contributed by atoms with Crippen molar-refractivity contribution in [1.82, 2.24) is 4.90 Å². The molecule has 7 nitrogen and oxygen atoms in total.